The molecule has 1 aliphatic rings. The van der Waals surface area contributed by atoms with Crippen molar-refractivity contribution in [1.29, 1.82) is 0 Å². The Balaban J connectivity index is 1.99. The van der Waals surface area contributed by atoms with Crippen molar-refractivity contribution in [2.75, 3.05) is 30.5 Å². The minimum absolute atomic E-state index is 0.434. The highest BCUT2D eigenvalue weighted by atomic mass is 32.2. The summed E-state index contributed by atoms with van der Waals surface area (Å²) in [5.74, 6) is 3.63. The van der Waals surface area contributed by atoms with Crippen LogP contribution in [0.4, 0.5) is 11.6 Å². The summed E-state index contributed by atoms with van der Waals surface area (Å²) in [7, 11) is 3.53. The van der Waals surface area contributed by atoms with Crippen molar-refractivity contribution in [3.8, 4) is 0 Å². The maximum absolute atomic E-state index is 5.12. The average molecular weight is 296 g/mol. The van der Waals surface area contributed by atoms with E-state index < -0.39 is 0 Å². The third-order valence-corrected chi connectivity index (χ3v) is 4.67. The predicted molar refractivity (Wildman–Crippen MR) is 85.5 cm³/mol. The van der Waals surface area contributed by atoms with Crippen LogP contribution in [-0.4, -0.2) is 41.2 Å². The fourth-order valence-corrected chi connectivity index (χ4v) is 3.70. The molecule has 0 aliphatic heterocycles. The molecule has 1 fully saturated rings. The first kappa shape index (κ1) is 15.4. The van der Waals surface area contributed by atoms with Crippen LogP contribution in [0.1, 0.15) is 32.0 Å². The number of ether oxygens (including phenoxy) is 1. The van der Waals surface area contributed by atoms with Gasteiger partial charge in [0.15, 0.2) is 5.82 Å². The van der Waals surface area contributed by atoms with Gasteiger partial charge in [0.25, 0.3) is 0 Å². The lowest BCUT2D eigenvalue weighted by Crippen LogP contribution is -2.18. The lowest BCUT2D eigenvalue weighted by atomic mass is 10.2. The molecule has 20 heavy (non-hydrogen) atoms. The van der Waals surface area contributed by atoms with Gasteiger partial charge in [-0.15, -0.1) is 0 Å². The highest BCUT2D eigenvalue weighted by Crippen LogP contribution is 2.31. The Morgan fingerprint density at radius 2 is 2.15 bits per heavy atom. The van der Waals surface area contributed by atoms with Gasteiger partial charge >= 0.3 is 0 Å². The zero-order chi connectivity index (χ0) is 14.4. The molecule has 1 aliphatic carbocycles. The first-order chi connectivity index (χ1) is 9.75. The summed E-state index contributed by atoms with van der Waals surface area (Å²) >= 11 is 2.07. The van der Waals surface area contributed by atoms with Crippen LogP contribution >= 0.6 is 11.8 Å². The van der Waals surface area contributed by atoms with Gasteiger partial charge in [-0.1, -0.05) is 6.92 Å². The van der Waals surface area contributed by atoms with E-state index in [9.17, 15) is 0 Å². The summed E-state index contributed by atoms with van der Waals surface area (Å²) in [5.41, 5.74) is 0. The van der Waals surface area contributed by atoms with Crippen LogP contribution < -0.4 is 10.6 Å². The lowest BCUT2D eigenvalue weighted by molar-refractivity contribution is 0.178. The predicted octanol–water partition coefficient (Wildman–Crippen LogP) is 2.75. The van der Waals surface area contributed by atoms with Crippen molar-refractivity contribution in [1.82, 2.24) is 9.97 Å². The Morgan fingerprint density at radius 1 is 1.35 bits per heavy atom. The second-order valence-corrected chi connectivity index (χ2v) is 6.55. The van der Waals surface area contributed by atoms with Crippen molar-refractivity contribution >= 4 is 23.4 Å². The van der Waals surface area contributed by atoms with E-state index in [4.69, 9.17) is 4.74 Å². The molecule has 0 aromatic carbocycles. The minimum atomic E-state index is 0.434. The molecule has 2 unspecified atom stereocenters. The second-order valence-electron chi connectivity index (χ2n) is 4.97. The number of aromatic nitrogens is 2. The molecule has 6 heteroatoms. The molecule has 1 aromatic rings. The molecular weight excluding hydrogens is 272 g/mol. The molecule has 2 rings (SSSR count). The second kappa shape index (κ2) is 7.69. The van der Waals surface area contributed by atoms with Crippen LogP contribution in [0.2, 0.25) is 0 Å². The van der Waals surface area contributed by atoms with E-state index in [1.165, 1.54) is 25.0 Å². The molecule has 0 spiro atoms. The monoisotopic (exact) mass is 296 g/mol. The fourth-order valence-electron chi connectivity index (χ4n) is 2.56. The summed E-state index contributed by atoms with van der Waals surface area (Å²) in [5, 5.41) is 7.41. The van der Waals surface area contributed by atoms with Crippen LogP contribution in [0, 0.1) is 0 Å². The van der Waals surface area contributed by atoms with Crippen LogP contribution in [0.5, 0.6) is 0 Å². The van der Waals surface area contributed by atoms with Gasteiger partial charge < -0.3 is 15.4 Å². The molecule has 0 amide bonds. The van der Waals surface area contributed by atoms with Crippen molar-refractivity contribution in [2.45, 2.75) is 44.1 Å². The molecule has 5 nitrogen and oxygen atoms in total. The summed E-state index contributed by atoms with van der Waals surface area (Å²) in [6.45, 7) is 2.66. The average Bonchev–Trinajstić information content (AvgIpc) is 2.86. The Bertz CT molecular complexity index is 430. The van der Waals surface area contributed by atoms with Gasteiger partial charge in [0, 0.05) is 31.5 Å². The Morgan fingerprint density at radius 3 is 2.85 bits per heavy atom. The number of methoxy groups -OCH3 is 1. The number of rotatable bonds is 7. The van der Waals surface area contributed by atoms with Gasteiger partial charge in [-0.3, -0.25) is 0 Å². The van der Waals surface area contributed by atoms with E-state index in [2.05, 4.69) is 39.3 Å². The third kappa shape index (κ3) is 4.24. The maximum Gasteiger partial charge on any atom is 0.158 e. The van der Waals surface area contributed by atoms with Crippen molar-refractivity contribution in [3.05, 3.63) is 11.9 Å². The SMILES string of the molecule is CCSC1CCC(Nc2cc(NC)nc(COC)n2)C1. The summed E-state index contributed by atoms with van der Waals surface area (Å²) in [6.07, 6.45) is 3.73. The van der Waals surface area contributed by atoms with E-state index in [0.29, 0.717) is 18.5 Å². The Hall–Kier alpha value is -1.01. The van der Waals surface area contributed by atoms with Crippen LogP contribution in [0.15, 0.2) is 6.07 Å². The lowest BCUT2D eigenvalue weighted by Gasteiger charge is -2.15. The molecule has 0 saturated heterocycles. The Labute approximate surface area is 125 Å². The fraction of sp³-hybridized carbons (Fsp3) is 0.714. The highest BCUT2D eigenvalue weighted by molar-refractivity contribution is 7.99. The number of hydrogen-bond donors (Lipinski definition) is 2. The molecular formula is C14H24N4OS. The van der Waals surface area contributed by atoms with Crippen LogP contribution in [0.25, 0.3) is 0 Å². The summed E-state index contributed by atoms with van der Waals surface area (Å²) in [6, 6.07) is 2.48. The van der Waals surface area contributed by atoms with Crippen molar-refractivity contribution < 1.29 is 4.74 Å². The molecule has 2 atom stereocenters. The van der Waals surface area contributed by atoms with E-state index >= 15 is 0 Å². The standard InChI is InChI=1S/C14H24N4OS/c1-4-20-11-6-5-10(7-11)16-13-8-12(15-2)17-14(18-13)9-19-3/h8,10-11H,4-7,9H2,1-3H3,(H2,15,16,17,18). The maximum atomic E-state index is 5.12. The van der Waals surface area contributed by atoms with Gasteiger partial charge in [-0.25, -0.2) is 9.97 Å². The first-order valence-corrected chi connectivity index (χ1v) is 8.22. The number of nitrogens with zero attached hydrogens (tertiary/aromatic N) is 2. The zero-order valence-electron chi connectivity index (χ0n) is 12.5. The van der Waals surface area contributed by atoms with E-state index in [-0.39, 0.29) is 0 Å². The molecule has 1 heterocycles. The van der Waals surface area contributed by atoms with Gasteiger partial charge in [-0.2, -0.15) is 11.8 Å². The zero-order valence-corrected chi connectivity index (χ0v) is 13.3. The summed E-state index contributed by atoms with van der Waals surface area (Å²) < 4.78 is 5.12. The smallest absolute Gasteiger partial charge is 0.158 e. The normalized spacial score (nSPS) is 21.9. The topological polar surface area (TPSA) is 59.1 Å². The van der Waals surface area contributed by atoms with E-state index in [0.717, 1.165) is 16.9 Å². The highest BCUT2D eigenvalue weighted by Gasteiger charge is 2.24. The number of nitrogens with one attached hydrogen (secondary N) is 2. The molecule has 1 aromatic heterocycles. The van der Waals surface area contributed by atoms with Gasteiger partial charge in [-0.05, 0) is 25.0 Å². The number of thioether (sulfide) groups is 1. The van der Waals surface area contributed by atoms with Crippen molar-refractivity contribution in [2.24, 2.45) is 0 Å². The minimum Gasteiger partial charge on any atom is -0.377 e. The van der Waals surface area contributed by atoms with Crippen LogP contribution in [0.3, 0.4) is 0 Å². The van der Waals surface area contributed by atoms with Crippen molar-refractivity contribution in [3.63, 3.8) is 0 Å². The van der Waals surface area contributed by atoms with Gasteiger partial charge in [0.1, 0.15) is 18.2 Å². The van der Waals surface area contributed by atoms with Gasteiger partial charge in [0.05, 0.1) is 0 Å². The first-order valence-electron chi connectivity index (χ1n) is 7.18. The molecule has 2 N–H and O–H groups in total. The molecule has 112 valence electrons. The third-order valence-electron chi connectivity index (χ3n) is 3.44. The molecule has 0 bridgehead atoms. The van der Waals surface area contributed by atoms with E-state index in [1.54, 1.807) is 7.11 Å². The quantitative estimate of drug-likeness (QED) is 0.807. The number of anilines is 2. The summed E-state index contributed by atoms with van der Waals surface area (Å²) in [4.78, 5) is 8.88. The Kier molecular flexibility index (Phi) is 5.91. The molecule has 0 radical (unpaired) electrons. The largest absolute Gasteiger partial charge is 0.377 e. The molecule has 1 saturated carbocycles. The van der Waals surface area contributed by atoms with Gasteiger partial charge in [0.2, 0.25) is 0 Å². The van der Waals surface area contributed by atoms with Crippen LogP contribution in [-0.2, 0) is 11.3 Å². The number of hydrogen-bond acceptors (Lipinski definition) is 6. The van der Waals surface area contributed by atoms with E-state index in [1.807, 2.05) is 13.1 Å².